The van der Waals surface area contributed by atoms with Gasteiger partial charge in [-0.1, -0.05) is 6.07 Å². The molecule has 1 saturated heterocycles. The van der Waals surface area contributed by atoms with Crippen LogP contribution in [0.15, 0.2) is 47.4 Å². The number of nitro benzene ring substituents is 1. The highest BCUT2D eigenvalue weighted by molar-refractivity contribution is 7.89. The number of carbonyl (C=O) groups is 1. The van der Waals surface area contributed by atoms with Crippen molar-refractivity contribution in [3.8, 4) is 0 Å². The van der Waals surface area contributed by atoms with Crippen molar-refractivity contribution in [1.29, 1.82) is 0 Å². The van der Waals surface area contributed by atoms with E-state index in [1.54, 1.807) is 19.1 Å². The molecule has 1 fully saturated rings. The molecule has 1 aliphatic rings. The molecular formula is C19H21N3O5S. The fourth-order valence-corrected chi connectivity index (χ4v) is 4.61. The van der Waals surface area contributed by atoms with E-state index >= 15 is 0 Å². The lowest BCUT2D eigenvalue weighted by atomic mass is 10.1. The summed E-state index contributed by atoms with van der Waals surface area (Å²) in [6, 6.07) is 10.5. The maximum atomic E-state index is 12.5. The molecule has 0 saturated carbocycles. The van der Waals surface area contributed by atoms with Crippen molar-refractivity contribution >= 4 is 27.2 Å². The van der Waals surface area contributed by atoms with Crippen LogP contribution in [-0.4, -0.2) is 43.1 Å². The SMILES string of the molecule is Cc1ccc(NCC(=O)c2ccc(S(=O)(=O)N3CCCC3)cc2)cc1[N+](=O)[O-]. The summed E-state index contributed by atoms with van der Waals surface area (Å²) in [5, 5.41) is 13.9. The maximum Gasteiger partial charge on any atom is 0.274 e. The molecule has 1 heterocycles. The summed E-state index contributed by atoms with van der Waals surface area (Å²) in [7, 11) is -3.51. The Bertz CT molecular complexity index is 997. The number of carbonyl (C=O) groups excluding carboxylic acids is 1. The van der Waals surface area contributed by atoms with E-state index in [2.05, 4.69) is 5.32 Å². The van der Waals surface area contributed by atoms with Gasteiger partial charge in [0, 0.05) is 36.0 Å². The predicted octanol–water partition coefficient (Wildman–Crippen LogP) is 2.98. The zero-order chi connectivity index (χ0) is 20.3. The summed E-state index contributed by atoms with van der Waals surface area (Å²) in [5.41, 5.74) is 1.36. The number of nitrogens with zero attached hydrogens (tertiary/aromatic N) is 2. The largest absolute Gasteiger partial charge is 0.377 e. The van der Waals surface area contributed by atoms with Crippen LogP contribution in [-0.2, 0) is 10.0 Å². The van der Waals surface area contributed by atoms with Gasteiger partial charge in [-0.05, 0) is 50.1 Å². The number of aryl methyl sites for hydroxylation is 1. The first kappa shape index (κ1) is 20.0. The summed E-state index contributed by atoms with van der Waals surface area (Å²) in [5.74, 6) is -0.242. The number of anilines is 1. The molecule has 1 N–H and O–H groups in total. The van der Waals surface area contributed by atoms with Gasteiger partial charge in [-0.2, -0.15) is 4.31 Å². The smallest absolute Gasteiger partial charge is 0.274 e. The van der Waals surface area contributed by atoms with Crippen molar-refractivity contribution in [3.05, 3.63) is 63.7 Å². The average molecular weight is 403 g/mol. The van der Waals surface area contributed by atoms with Crippen LogP contribution >= 0.6 is 0 Å². The second kappa shape index (κ2) is 8.07. The Kier molecular flexibility index (Phi) is 5.76. The monoisotopic (exact) mass is 403 g/mol. The number of nitrogens with one attached hydrogen (secondary N) is 1. The first-order valence-electron chi connectivity index (χ1n) is 8.91. The molecule has 8 nitrogen and oxygen atoms in total. The van der Waals surface area contributed by atoms with Gasteiger partial charge in [0.25, 0.3) is 5.69 Å². The number of rotatable bonds is 7. The summed E-state index contributed by atoms with van der Waals surface area (Å²) in [4.78, 5) is 23.1. The molecule has 2 aromatic carbocycles. The van der Waals surface area contributed by atoms with Crippen molar-refractivity contribution in [1.82, 2.24) is 4.31 Å². The lowest BCUT2D eigenvalue weighted by Crippen LogP contribution is -2.27. The Hall–Kier alpha value is -2.78. The number of sulfonamides is 1. The zero-order valence-electron chi connectivity index (χ0n) is 15.4. The molecule has 0 bridgehead atoms. The molecule has 28 heavy (non-hydrogen) atoms. The Labute approximate surface area is 163 Å². The van der Waals surface area contributed by atoms with Gasteiger partial charge >= 0.3 is 0 Å². The van der Waals surface area contributed by atoms with E-state index in [4.69, 9.17) is 0 Å². The predicted molar refractivity (Wildman–Crippen MR) is 105 cm³/mol. The molecule has 3 rings (SSSR count). The summed E-state index contributed by atoms with van der Waals surface area (Å²) >= 11 is 0. The quantitative estimate of drug-likeness (QED) is 0.432. The normalized spacial score (nSPS) is 14.8. The van der Waals surface area contributed by atoms with Crippen LogP contribution in [0.1, 0.15) is 28.8 Å². The summed E-state index contributed by atoms with van der Waals surface area (Å²) < 4.78 is 26.5. The van der Waals surface area contributed by atoms with E-state index in [0.717, 1.165) is 12.8 Å². The molecule has 0 atom stereocenters. The molecule has 148 valence electrons. The van der Waals surface area contributed by atoms with E-state index < -0.39 is 14.9 Å². The van der Waals surface area contributed by atoms with Crippen molar-refractivity contribution in [2.24, 2.45) is 0 Å². The molecule has 0 radical (unpaired) electrons. The van der Waals surface area contributed by atoms with Crippen LogP contribution in [0.2, 0.25) is 0 Å². The lowest BCUT2D eigenvalue weighted by Gasteiger charge is -2.15. The van der Waals surface area contributed by atoms with Gasteiger partial charge in [0.05, 0.1) is 16.4 Å². The van der Waals surface area contributed by atoms with Crippen molar-refractivity contribution in [2.75, 3.05) is 25.0 Å². The first-order valence-corrected chi connectivity index (χ1v) is 10.4. The molecule has 0 aromatic heterocycles. The number of Topliss-reactive ketones (excluding diaryl/α,β-unsaturated/α-hetero) is 1. The topological polar surface area (TPSA) is 110 Å². The fraction of sp³-hybridized carbons (Fsp3) is 0.316. The van der Waals surface area contributed by atoms with E-state index in [1.807, 2.05) is 0 Å². The molecule has 1 aliphatic heterocycles. The van der Waals surface area contributed by atoms with E-state index in [1.165, 1.54) is 34.6 Å². The third-order valence-corrected chi connectivity index (χ3v) is 6.65. The van der Waals surface area contributed by atoms with Crippen molar-refractivity contribution < 1.29 is 18.1 Å². The van der Waals surface area contributed by atoms with E-state index in [9.17, 15) is 23.3 Å². The Morgan fingerprint density at radius 2 is 1.79 bits per heavy atom. The van der Waals surface area contributed by atoms with Crippen LogP contribution in [0.4, 0.5) is 11.4 Å². The van der Waals surface area contributed by atoms with Gasteiger partial charge in [-0.25, -0.2) is 8.42 Å². The summed E-state index contributed by atoms with van der Waals surface area (Å²) in [6.45, 7) is 2.63. The maximum absolute atomic E-state index is 12.5. The molecule has 0 aliphatic carbocycles. The lowest BCUT2D eigenvalue weighted by molar-refractivity contribution is -0.385. The van der Waals surface area contributed by atoms with E-state index in [-0.39, 0.29) is 22.9 Å². The molecular weight excluding hydrogens is 382 g/mol. The van der Waals surface area contributed by atoms with Crippen LogP contribution in [0.25, 0.3) is 0 Å². The molecule has 0 unspecified atom stereocenters. The van der Waals surface area contributed by atoms with Crippen LogP contribution in [0.3, 0.4) is 0 Å². The van der Waals surface area contributed by atoms with Gasteiger partial charge in [-0.3, -0.25) is 14.9 Å². The highest BCUT2D eigenvalue weighted by atomic mass is 32.2. The number of hydrogen-bond acceptors (Lipinski definition) is 6. The van der Waals surface area contributed by atoms with Crippen LogP contribution in [0.5, 0.6) is 0 Å². The van der Waals surface area contributed by atoms with Gasteiger partial charge in [0.15, 0.2) is 5.78 Å². The van der Waals surface area contributed by atoms with Gasteiger partial charge < -0.3 is 5.32 Å². The molecule has 2 aromatic rings. The Balaban J connectivity index is 1.67. The minimum Gasteiger partial charge on any atom is -0.377 e. The van der Waals surface area contributed by atoms with Crippen LogP contribution in [0, 0.1) is 17.0 Å². The third-order valence-electron chi connectivity index (χ3n) is 4.74. The minimum absolute atomic E-state index is 0.0195. The fourth-order valence-electron chi connectivity index (χ4n) is 3.09. The second-order valence-corrected chi connectivity index (χ2v) is 8.61. The number of ketones is 1. The minimum atomic E-state index is -3.51. The van der Waals surface area contributed by atoms with Crippen LogP contribution < -0.4 is 5.32 Å². The zero-order valence-corrected chi connectivity index (χ0v) is 16.2. The number of benzene rings is 2. The third kappa shape index (κ3) is 4.20. The Morgan fingerprint density at radius 1 is 1.14 bits per heavy atom. The van der Waals surface area contributed by atoms with Gasteiger partial charge in [-0.15, -0.1) is 0 Å². The number of hydrogen-bond donors (Lipinski definition) is 1. The highest BCUT2D eigenvalue weighted by Gasteiger charge is 2.27. The highest BCUT2D eigenvalue weighted by Crippen LogP contribution is 2.23. The number of nitro groups is 1. The standard InChI is InChI=1S/C19H21N3O5S/c1-14-4-7-16(12-18(14)22(24)25)20-13-19(23)15-5-8-17(9-6-15)28(26,27)21-10-2-3-11-21/h4-9,12,20H,2-3,10-11,13H2,1H3. The Morgan fingerprint density at radius 3 is 2.39 bits per heavy atom. The average Bonchev–Trinajstić information content (AvgIpc) is 3.22. The van der Waals surface area contributed by atoms with Crippen molar-refractivity contribution in [3.63, 3.8) is 0 Å². The molecule has 9 heteroatoms. The summed E-state index contributed by atoms with van der Waals surface area (Å²) in [6.07, 6.45) is 1.72. The van der Waals surface area contributed by atoms with Crippen molar-refractivity contribution in [2.45, 2.75) is 24.7 Å². The molecule has 0 spiro atoms. The molecule has 0 amide bonds. The van der Waals surface area contributed by atoms with Gasteiger partial charge in [0.2, 0.25) is 10.0 Å². The van der Waals surface area contributed by atoms with Gasteiger partial charge in [0.1, 0.15) is 0 Å². The second-order valence-electron chi connectivity index (χ2n) is 6.67. The van der Waals surface area contributed by atoms with E-state index in [0.29, 0.717) is 29.9 Å². The first-order chi connectivity index (χ1) is 13.3.